The Labute approximate surface area is 138 Å². The van der Waals surface area contributed by atoms with Gasteiger partial charge in [-0.1, -0.05) is 28.1 Å². The molecule has 0 fully saturated rings. The first-order chi connectivity index (χ1) is 9.88. The highest BCUT2D eigenvalue weighted by molar-refractivity contribution is 9.11. The molecule has 0 aliphatic carbocycles. The normalized spacial score (nSPS) is 11.8. The highest BCUT2D eigenvalue weighted by Crippen LogP contribution is 2.25. The van der Waals surface area contributed by atoms with Crippen LogP contribution in [0.25, 0.3) is 0 Å². The van der Waals surface area contributed by atoms with Gasteiger partial charge in [-0.3, -0.25) is 0 Å². The van der Waals surface area contributed by atoms with Gasteiger partial charge in [-0.2, -0.15) is 13.5 Å². The van der Waals surface area contributed by atoms with Gasteiger partial charge in [0.1, 0.15) is 10.7 Å². The summed E-state index contributed by atoms with van der Waals surface area (Å²) in [6.45, 7) is 0. The summed E-state index contributed by atoms with van der Waals surface area (Å²) in [7, 11) is -3.79. The summed E-state index contributed by atoms with van der Waals surface area (Å²) in [5.41, 5.74) is 0.576. The summed E-state index contributed by atoms with van der Waals surface area (Å²) in [4.78, 5) is 2.17. The van der Waals surface area contributed by atoms with Crippen LogP contribution in [-0.2, 0) is 10.0 Å². The minimum atomic E-state index is -3.79. The van der Waals surface area contributed by atoms with Crippen molar-refractivity contribution in [3.63, 3.8) is 0 Å². The number of halogens is 3. The third-order valence-electron chi connectivity index (χ3n) is 2.44. The second-order valence-electron chi connectivity index (χ2n) is 3.98. The van der Waals surface area contributed by atoms with Crippen LogP contribution < -0.4 is 4.83 Å². The highest BCUT2D eigenvalue weighted by atomic mass is 79.9. The van der Waals surface area contributed by atoms with Gasteiger partial charge < -0.3 is 0 Å². The fourth-order valence-electron chi connectivity index (χ4n) is 1.45. The second-order valence-corrected chi connectivity index (χ2v) is 7.38. The Morgan fingerprint density at radius 3 is 2.43 bits per heavy atom. The Kier molecular flexibility index (Phi) is 5.13. The first kappa shape index (κ1) is 16.1. The lowest BCUT2D eigenvalue weighted by Gasteiger charge is -2.06. The van der Waals surface area contributed by atoms with Crippen LogP contribution >= 0.6 is 31.9 Å². The molecular formula is C13H9Br2FN2O2S. The van der Waals surface area contributed by atoms with Crippen molar-refractivity contribution in [3.05, 3.63) is 62.8 Å². The lowest BCUT2D eigenvalue weighted by molar-refractivity contribution is 0.584. The molecule has 0 atom stereocenters. The molecular weight excluding hydrogens is 427 g/mol. The molecule has 0 radical (unpaired) electrons. The molecule has 0 bridgehead atoms. The van der Waals surface area contributed by atoms with Gasteiger partial charge in [-0.15, -0.1) is 0 Å². The van der Waals surface area contributed by atoms with Crippen LogP contribution in [-0.4, -0.2) is 14.6 Å². The Balaban J connectivity index is 2.18. The number of hydrogen-bond acceptors (Lipinski definition) is 3. The zero-order valence-corrected chi connectivity index (χ0v) is 14.4. The van der Waals surface area contributed by atoms with E-state index in [1.54, 1.807) is 12.1 Å². The number of nitrogens with zero attached hydrogens (tertiary/aromatic N) is 1. The lowest BCUT2D eigenvalue weighted by Crippen LogP contribution is -2.18. The molecule has 8 heteroatoms. The third kappa shape index (κ3) is 4.36. The van der Waals surface area contributed by atoms with Crippen molar-refractivity contribution >= 4 is 48.1 Å². The van der Waals surface area contributed by atoms with Gasteiger partial charge in [0.25, 0.3) is 10.0 Å². The molecule has 0 aliphatic rings. The average molecular weight is 436 g/mol. The molecule has 0 aliphatic heterocycles. The Morgan fingerprint density at radius 1 is 1.10 bits per heavy atom. The van der Waals surface area contributed by atoms with E-state index in [4.69, 9.17) is 0 Å². The zero-order chi connectivity index (χ0) is 15.5. The van der Waals surface area contributed by atoms with Crippen molar-refractivity contribution in [2.75, 3.05) is 0 Å². The van der Waals surface area contributed by atoms with E-state index in [-0.39, 0.29) is 10.7 Å². The summed E-state index contributed by atoms with van der Waals surface area (Å²) in [5.74, 6) is -0.370. The summed E-state index contributed by atoms with van der Waals surface area (Å²) >= 11 is 6.39. The van der Waals surface area contributed by atoms with Gasteiger partial charge in [0.05, 0.1) is 6.21 Å². The van der Waals surface area contributed by atoms with Crippen LogP contribution in [0.3, 0.4) is 0 Å². The quantitative estimate of drug-likeness (QED) is 0.588. The maximum atomic E-state index is 12.7. The van der Waals surface area contributed by atoms with Crippen LogP contribution in [0, 0.1) is 5.82 Å². The first-order valence-electron chi connectivity index (χ1n) is 5.64. The van der Waals surface area contributed by atoms with E-state index in [1.807, 2.05) is 0 Å². The monoisotopic (exact) mass is 434 g/mol. The number of benzene rings is 2. The van der Waals surface area contributed by atoms with Crippen molar-refractivity contribution in [1.82, 2.24) is 4.83 Å². The molecule has 0 aromatic heterocycles. The van der Waals surface area contributed by atoms with Gasteiger partial charge in [0.15, 0.2) is 0 Å². The van der Waals surface area contributed by atoms with Gasteiger partial charge in [-0.05, 0) is 51.8 Å². The van der Waals surface area contributed by atoms with Crippen molar-refractivity contribution in [2.24, 2.45) is 5.10 Å². The summed E-state index contributed by atoms with van der Waals surface area (Å²) in [5, 5.41) is 3.67. The molecule has 0 saturated carbocycles. The Hall–Kier alpha value is -1.25. The highest BCUT2D eigenvalue weighted by Gasteiger charge is 2.17. The predicted molar refractivity (Wildman–Crippen MR) is 86.2 cm³/mol. The Morgan fingerprint density at radius 2 is 1.76 bits per heavy atom. The minimum Gasteiger partial charge on any atom is -0.207 e. The molecule has 2 aromatic carbocycles. The van der Waals surface area contributed by atoms with Crippen LogP contribution in [0.15, 0.2) is 61.4 Å². The molecule has 1 N–H and O–H groups in total. The largest absolute Gasteiger partial charge is 0.277 e. The topological polar surface area (TPSA) is 58.5 Å². The zero-order valence-electron chi connectivity index (χ0n) is 10.4. The molecule has 110 valence electrons. The first-order valence-corrected chi connectivity index (χ1v) is 8.71. The Bertz CT molecular complexity index is 777. The summed E-state index contributed by atoms with van der Waals surface area (Å²) in [6.07, 6.45) is 1.29. The van der Waals surface area contributed by atoms with Gasteiger partial charge >= 0.3 is 0 Å². The standard InChI is InChI=1S/C13H9Br2FN2O2S/c14-10-3-6-12(15)13(7-10)21(19,20)18-17-8-9-1-4-11(16)5-2-9/h1-8,18H/b17-8+. The van der Waals surface area contributed by atoms with E-state index >= 15 is 0 Å². The van der Waals surface area contributed by atoms with E-state index in [1.165, 1.54) is 36.5 Å². The molecule has 2 rings (SSSR count). The molecule has 0 amide bonds. The number of sulfonamides is 1. The predicted octanol–water partition coefficient (Wildman–Crippen LogP) is 3.66. The number of nitrogens with one attached hydrogen (secondary N) is 1. The molecule has 0 saturated heterocycles. The SMILES string of the molecule is O=S(=O)(N/N=C/c1ccc(F)cc1)c1cc(Br)ccc1Br. The van der Waals surface area contributed by atoms with E-state index < -0.39 is 10.0 Å². The maximum absolute atomic E-state index is 12.7. The van der Waals surface area contributed by atoms with Crippen molar-refractivity contribution in [1.29, 1.82) is 0 Å². The molecule has 2 aromatic rings. The van der Waals surface area contributed by atoms with Crippen molar-refractivity contribution in [3.8, 4) is 0 Å². The van der Waals surface area contributed by atoms with E-state index in [2.05, 4.69) is 41.8 Å². The second kappa shape index (κ2) is 6.67. The van der Waals surface area contributed by atoms with Crippen LogP contribution in [0.4, 0.5) is 4.39 Å². The average Bonchev–Trinajstić information content (AvgIpc) is 2.43. The van der Waals surface area contributed by atoms with Gasteiger partial charge in [-0.25, -0.2) is 9.22 Å². The van der Waals surface area contributed by atoms with Crippen LogP contribution in [0.2, 0.25) is 0 Å². The van der Waals surface area contributed by atoms with Gasteiger partial charge in [0.2, 0.25) is 0 Å². The lowest BCUT2D eigenvalue weighted by atomic mass is 10.2. The number of hydrazone groups is 1. The molecule has 0 unspecified atom stereocenters. The molecule has 21 heavy (non-hydrogen) atoms. The maximum Gasteiger partial charge on any atom is 0.277 e. The molecule has 0 spiro atoms. The fourth-order valence-corrected chi connectivity index (χ4v) is 3.75. The van der Waals surface area contributed by atoms with E-state index in [0.29, 0.717) is 14.5 Å². The molecule has 0 heterocycles. The third-order valence-corrected chi connectivity index (χ3v) is 5.15. The number of rotatable bonds is 4. The van der Waals surface area contributed by atoms with E-state index in [9.17, 15) is 12.8 Å². The van der Waals surface area contributed by atoms with Crippen molar-refractivity contribution in [2.45, 2.75) is 4.90 Å². The fraction of sp³-hybridized carbons (Fsp3) is 0. The summed E-state index contributed by atoms with van der Waals surface area (Å²) in [6, 6.07) is 10.3. The van der Waals surface area contributed by atoms with Crippen LogP contribution in [0.1, 0.15) is 5.56 Å². The summed E-state index contributed by atoms with van der Waals surface area (Å²) < 4.78 is 38.0. The number of hydrogen-bond donors (Lipinski definition) is 1. The smallest absolute Gasteiger partial charge is 0.207 e. The van der Waals surface area contributed by atoms with Crippen LogP contribution in [0.5, 0.6) is 0 Å². The van der Waals surface area contributed by atoms with Gasteiger partial charge in [0, 0.05) is 8.95 Å². The van der Waals surface area contributed by atoms with E-state index in [0.717, 1.165) is 0 Å². The van der Waals surface area contributed by atoms with Crippen molar-refractivity contribution < 1.29 is 12.8 Å². The minimum absolute atomic E-state index is 0.0631. The molecule has 4 nitrogen and oxygen atoms in total.